The lowest BCUT2D eigenvalue weighted by Gasteiger charge is -2.30. The van der Waals surface area contributed by atoms with E-state index in [0.29, 0.717) is 13.0 Å². The van der Waals surface area contributed by atoms with E-state index in [-0.39, 0.29) is 16.8 Å². The number of ketones is 1. The second-order valence-corrected chi connectivity index (χ2v) is 7.20. The van der Waals surface area contributed by atoms with Crippen LogP contribution in [0.3, 0.4) is 0 Å². The summed E-state index contributed by atoms with van der Waals surface area (Å²) in [6, 6.07) is 6.91. The number of Topliss-reactive ketones (excluding diaryl/α,β-unsaturated/α-hetero) is 1. The van der Waals surface area contributed by atoms with Gasteiger partial charge in [-0.3, -0.25) is 4.79 Å². The summed E-state index contributed by atoms with van der Waals surface area (Å²) < 4.78 is 2.14. The molecule has 1 aromatic carbocycles. The van der Waals surface area contributed by atoms with Crippen molar-refractivity contribution in [2.24, 2.45) is 5.41 Å². The molecule has 1 N–H and O–H groups in total. The molecule has 120 valence electrons. The first kappa shape index (κ1) is 15.5. The molecule has 0 radical (unpaired) electrons. The zero-order valence-corrected chi connectivity index (χ0v) is 13.7. The first-order valence-corrected chi connectivity index (χ1v) is 7.81. The first-order chi connectivity index (χ1) is 10.8. The molecule has 4 nitrogen and oxygen atoms in total. The van der Waals surface area contributed by atoms with Crippen LogP contribution in [0.2, 0.25) is 0 Å². The highest BCUT2D eigenvalue weighted by atomic mass is 16.4. The molecule has 0 bridgehead atoms. The predicted molar refractivity (Wildman–Crippen MR) is 88.1 cm³/mol. The number of aromatic nitrogens is 1. The van der Waals surface area contributed by atoms with Crippen LogP contribution in [-0.2, 0) is 13.0 Å². The summed E-state index contributed by atoms with van der Waals surface area (Å²) in [5, 5.41) is 8.97. The highest BCUT2D eigenvalue weighted by Gasteiger charge is 2.34. The van der Waals surface area contributed by atoms with Crippen molar-refractivity contribution in [3.63, 3.8) is 0 Å². The van der Waals surface area contributed by atoms with Gasteiger partial charge < -0.3 is 9.67 Å². The average molecular weight is 311 g/mol. The Labute approximate surface area is 135 Å². The summed E-state index contributed by atoms with van der Waals surface area (Å²) in [6.07, 6.45) is 3.52. The third kappa shape index (κ3) is 2.93. The SMILES string of the molecule is Cc1cn(Cc2ccc(C(=O)O)cc2)c2c1C(=O)CC(C)(C)C2. The minimum atomic E-state index is -0.918. The van der Waals surface area contributed by atoms with E-state index in [9.17, 15) is 9.59 Å². The van der Waals surface area contributed by atoms with Gasteiger partial charge in [0, 0.05) is 30.4 Å². The topological polar surface area (TPSA) is 59.3 Å². The van der Waals surface area contributed by atoms with Gasteiger partial charge in [0.15, 0.2) is 5.78 Å². The highest BCUT2D eigenvalue weighted by Crippen LogP contribution is 2.37. The summed E-state index contributed by atoms with van der Waals surface area (Å²) in [5.41, 5.74) is 4.32. The summed E-state index contributed by atoms with van der Waals surface area (Å²) in [6.45, 7) is 6.89. The maximum atomic E-state index is 12.4. The molecule has 4 heteroatoms. The second-order valence-electron chi connectivity index (χ2n) is 7.20. The number of carboxylic acids is 1. The standard InChI is InChI=1S/C19H21NO3/c1-12-10-20(11-13-4-6-14(7-5-13)18(22)23)15-8-19(2,3)9-16(21)17(12)15/h4-7,10H,8-9,11H2,1-3H3,(H,22,23). The summed E-state index contributed by atoms with van der Waals surface area (Å²) >= 11 is 0. The Morgan fingerprint density at radius 3 is 2.48 bits per heavy atom. The summed E-state index contributed by atoms with van der Waals surface area (Å²) in [5.74, 6) is -0.688. The molecular formula is C19H21NO3. The van der Waals surface area contributed by atoms with Gasteiger partial charge in [0.1, 0.15) is 0 Å². The molecule has 0 saturated heterocycles. The molecule has 1 aromatic heterocycles. The Balaban J connectivity index is 1.94. The maximum Gasteiger partial charge on any atom is 0.335 e. The lowest BCUT2D eigenvalue weighted by molar-refractivity contribution is 0.0696. The van der Waals surface area contributed by atoms with E-state index in [2.05, 4.69) is 18.4 Å². The van der Waals surface area contributed by atoms with Crippen molar-refractivity contribution in [2.45, 2.75) is 40.2 Å². The highest BCUT2D eigenvalue weighted by molar-refractivity contribution is 6.00. The first-order valence-electron chi connectivity index (χ1n) is 7.81. The lowest BCUT2D eigenvalue weighted by Crippen LogP contribution is -2.28. The lowest BCUT2D eigenvalue weighted by atomic mass is 9.75. The van der Waals surface area contributed by atoms with Gasteiger partial charge in [-0.05, 0) is 42.0 Å². The van der Waals surface area contributed by atoms with Gasteiger partial charge in [0.25, 0.3) is 0 Å². The van der Waals surface area contributed by atoms with Crippen molar-refractivity contribution in [1.29, 1.82) is 0 Å². The van der Waals surface area contributed by atoms with Crippen LogP contribution in [0.15, 0.2) is 30.5 Å². The summed E-state index contributed by atoms with van der Waals surface area (Å²) in [4.78, 5) is 23.4. The van der Waals surface area contributed by atoms with Gasteiger partial charge in [-0.2, -0.15) is 0 Å². The number of hydrogen-bond donors (Lipinski definition) is 1. The minimum absolute atomic E-state index is 0.0141. The Hall–Kier alpha value is -2.36. The van der Waals surface area contributed by atoms with E-state index in [1.165, 1.54) is 0 Å². The fourth-order valence-electron chi connectivity index (χ4n) is 3.45. The van der Waals surface area contributed by atoms with E-state index in [1.54, 1.807) is 12.1 Å². The number of rotatable bonds is 3. The van der Waals surface area contributed by atoms with Crippen LogP contribution in [0.25, 0.3) is 0 Å². The van der Waals surface area contributed by atoms with Gasteiger partial charge in [-0.1, -0.05) is 26.0 Å². The molecule has 0 fully saturated rings. The monoisotopic (exact) mass is 311 g/mol. The van der Waals surface area contributed by atoms with Crippen LogP contribution in [0.5, 0.6) is 0 Å². The number of hydrogen-bond acceptors (Lipinski definition) is 2. The van der Waals surface area contributed by atoms with Crippen molar-refractivity contribution in [2.75, 3.05) is 0 Å². The van der Waals surface area contributed by atoms with E-state index in [1.807, 2.05) is 25.3 Å². The number of carbonyl (C=O) groups is 2. The van der Waals surface area contributed by atoms with Crippen LogP contribution in [-0.4, -0.2) is 21.4 Å². The molecule has 0 saturated carbocycles. The molecule has 23 heavy (non-hydrogen) atoms. The van der Waals surface area contributed by atoms with E-state index < -0.39 is 5.97 Å². The quantitative estimate of drug-likeness (QED) is 0.940. The molecule has 0 aliphatic heterocycles. The number of carboxylic acid groups (broad SMARTS) is 1. The van der Waals surface area contributed by atoms with Gasteiger partial charge in [-0.25, -0.2) is 4.79 Å². The van der Waals surface area contributed by atoms with Gasteiger partial charge >= 0.3 is 5.97 Å². The van der Waals surface area contributed by atoms with Crippen LogP contribution >= 0.6 is 0 Å². The van der Waals surface area contributed by atoms with E-state index in [0.717, 1.165) is 28.8 Å². The van der Waals surface area contributed by atoms with Crippen molar-refractivity contribution in [3.8, 4) is 0 Å². The normalized spacial score (nSPS) is 16.2. The van der Waals surface area contributed by atoms with Gasteiger partial charge in [0.2, 0.25) is 0 Å². The fraction of sp³-hybridized carbons (Fsp3) is 0.368. The molecule has 0 unspecified atom stereocenters. The van der Waals surface area contributed by atoms with Crippen molar-refractivity contribution in [3.05, 3.63) is 58.4 Å². The molecule has 1 heterocycles. The van der Waals surface area contributed by atoms with Gasteiger partial charge in [-0.15, -0.1) is 0 Å². The third-order valence-electron chi connectivity index (χ3n) is 4.50. The zero-order valence-electron chi connectivity index (χ0n) is 13.7. The molecular weight excluding hydrogens is 290 g/mol. The maximum absolute atomic E-state index is 12.4. The van der Waals surface area contributed by atoms with Gasteiger partial charge in [0.05, 0.1) is 5.56 Å². The van der Waals surface area contributed by atoms with Crippen LogP contribution in [0.1, 0.15) is 57.8 Å². The molecule has 0 spiro atoms. The molecule has 0 amide bonds. The Morgan fingerprint density at radius 1 is 1.22 bits per heavy atom. The second kappa shape index (κ2) is 5.37. The smallest absolute Gasteiger partial charge is 0.335 e. The number of nitrogens with zero attached hydrogens (tertiary/aromatic N) is 1. The van der Waals surface area contributed by atoms with Crippen molar-refractivity contribution < 1.29 is 14.7 Å². The Bertz CT molecular complexity index is 782. The molecule has 1 aliphatic carbocycles. The van der Waals surface area contributed by atoms with E-state index in [4.69, 9.17) is 5.11 Å². The van der Waals surface area contributed by atoms with E-state index >= 15 is 0 Å². The fourth-order valence-corrected chi connectivity index (χ4v) is 3.45. The van der Waals surface area contributed by atoms with Crippen molar-refractivity contribution >= 4 is 11.8 Å². The Kier molecular flexibility index (Phi) is 3.63. The number of aryl methyl sites for hydroxylation is 1. The Morgan fingerprint density at radius 2 is 1.87 bits per heavy atom. The number of carbonyl (C=O) groups excluding carboxylic acids is 1. The van der Waals surface area contributed by atoms with Crippen LogP contribution < -0.4 is 0 Å². The molecule has 1 aliphatic rings. The zero-order chi connectivity index (χ0) is 16.8. The summed E-state index contributed by atoms with van der Waals surface area (Å²) in [7, 11) is 0. The van der Waals surface area contributed by atoms with Crippen molar-refractivity contribution in [1.82, 2.24) is 4.57 Å². The number of benzene rings is 1. The number of aromatic carboxylic acids is 1. The molecule has 2 aromatic rings. The molecule has 0 atom stereocenters. The largest absolute Gasteiger partial charge is 0.478 e. The number of fused-ring (bicyclic) bond motifs is 1. The molecule has 3 rings (SSSR count). The minimum Gasteiger partial charge on any atom is -0.478 e. The van der Waals surface area contributed by atoms with Crippen LogP contribution in [0.4, 0.5) is 0 Å². The third-order valence-corrected chi connectivity index (χ3v) is 4.50. The average Bonchev–Trinajstić information content (AvgIpc) is 2.74. The van der Waals surface area contributed by atoms with Crippen LogP contribution in [0, 0.1) is 12.3 Å². The predicted octanol–water partition coefficient (Wildman–Crippen LogP) is 3.70.